The fourth-order valence-corrected chi connectivity index (χ4v) is 4.65. The molecular weight excluding hydrogens is 442 g/mol. The highest BCUT2D eigenvalue weighted by Crippen LogP contribution is 2.29. The van der Waals surface area contributed by atoms with Gasteiger partial charge in [0.25, 0.3) is 5.91 Å². The highest BCUT2D eigenvalue weighted by atomic mass is 16.5. The van der Waals surface area contributed by atoms with E-state index >= 15 is 0 Å². The lowest BCUT2D eigenvalue weighted by molar-refractivity contribution is 0.0704. The number of piperidine rings is 1. The Morgan fingerprint density at radius 2 is 1.89 bits per heavy atom. The van der Waals surface area contributed by atoms with Gasteiger partial charge >= 0.3 is 0 Å². The van der Waals surface area contributed by atoms with Crippen molar-refractivity contribution >= 4 is 11.7 Å². The number of rotatable bonds is 5. The maximum Gasteiger partial charge on any atom is 0.254 e. The number of carbonyl (C=O) groups excluding carboxylic acids is 1. The standard InChI is InChI=1S/C27H31N5O3/c1-19-6-3-4-8-23(19)35-25-16-20(2)29-26(30-25)22-7-5-11-32(18-22)27(33)21-9-10-28-24(17-21)31-12-14-34-15-13-31/h3-4,6,8-10,16-17,22H,5,7,11-15,18H2,1-2H3. The number of para-hydroxylation sites is 1. The number of carbonyl (C=O) groups is 1. The zero-order chi connectivity index (χ0) is 24.2. The normalized spacial score (nSPS) is 18.4. The number of benzene rings is 1. The number of morpholine rings is 1. The minimum atomic E-state index is 0.0237. The van der Waals surface area contributed by atoms with Crippen molar-refractivity contribution in [2.45, 2.75) is 32.6 Å². The van der Waals surface area contributed by atoms with E-state index in [-0.39, 0.29) is 11.8 Å². The molecule has 0 N–H and O–H groups in total. The average molecular weight is 474 g/mol. The predicted octanol–water partition coefficient (Wildman–Crippen LogP) is 4.14. The molecule has 2 aliphatic heterocycles. The first-order valence-electron chi connectivity index (χ1n) is 12.2. The number of hydrogen-bond acceptors (Lipinski definition) is 7. The zero-order valence-corrected chi connectivity index (χ0v) is 20.3. The van der Waals surface area contributed by atoms with Gasteiger partial charge in [-0.2, -0.15) is 4.98 Å². The second-order valence-corrected chi connectivity index (χ2v) is 9.17. The second kappa shape index (κ2) is 10.4. The first-order valence-corrected chi connectivity index (χ1v) is 12.2. The molecule has 2 aromatic heterocycles. The maximum absolute atomic E-state index is 13.4. The maximum atomic E-state index is 13.4. The summed E-state index contributed by atoms with van der Waals surface area (Å²) in [6, 6.07) is 13.4. The topological polar surface area (TPSA) is 80.7 Å². The van der Waals surface area contributed by atoms with Crippen molar-refractivity contribution in [3.63, 3.8) is 0 Å². The molecule has 182 valence electrons. The van der Waals surface area contributed by atoms with Crippen LogP contribution in [0.2, 0.25) is 0 Å². The molecule has 0 aliphatic carbocycles. The van der Waals surface area contributed by atoms with Crippen LogP contribution in [0.4, 0.5) is 5.82 Å². The molecule has 1 amide bonds. The molecule has 5 rings (SSSR count). The molecule has 8 heteroatoms. The first kappa shape index (κ1) is 23.2. The summed E-state index contributed by atoms with van der Waals surface area (Å²) in [6.07, 6.45) is 3.56. The molecule has 0 bridgehead atoms. The number of pyridine rings is 1. The minimum absolute atomic E-state index is 0.0237. The number of hydrogen-bond donors (Lipinski definition) is 0. The largest absolute Gasteiger partial charge is 0.439 e. The van der Waals surface area contributed by atoms with E-state index in [1.165, 1.54) is 0 Å². The summed E-state index contributed by atoms with van der Waals surface area (Å²) in [5.74, 6) is 2.96. The van der Waals surface area contributed by atoms with Crippen LogP contribution >= 0.6 is 0 Å². The van der Waals surface area contributed by atoms with Gasteiger partial charge in [-0.25, -0.2) is 9.97 Å². The van der Waals surface area contributed by atoms with Crippen LogP contribution in [0.3, 0.4) is 0 Å². The number of nitrogens with zero attached hydrogens (tertiary/aromatic N) is 5. The average Bonchev–Trinajstić information content (AvgIpc) is 2.90. The van der Waals surface area contributed by atoms with Gasteiger partial charge in [0, 0.05) is 55.6 Å². The molecule has 8 nitrogen and oxygen atoms in total. The Labute approximate surface area is 205 Å². The van der Waals surface area contributed by atoms with Gasteiger partial charge in [0.1, 0.15) is 17.4 Å². The molecule has 1 aromatic carbocycles. The Balaban J connectivity index is 1.31. The van der Waals surface area contributed by atoms with Crippen molar-refractivity contribution < 1.29 is 14.3 Å². The van der Waals surface area contributed by atoms with Crippen LogP contribution in [0.5, 0.6) is 11.6 Å². The van der Waals surface area contributed by atoms with Gasteiger partial charge in [-0.15, -0.1) is 0 Å². The van der Waals surface area contributed by atoms with Crippen LogP contribution in [-0.2, 0) is 4.74 Å². The highest BCUT2D eigenvalue weighted by molar-refractivity contribution is 5.95. The fourth-order valence-electron chi connectivity index (χ4n) is 4.65. The Morgan fingerprint density at radius 3 is 2.71 bits per heavy atom. The lowest BCUT2D eigenvalue weighted by Crippen LogP contribution is -2.40. The van der Waals surface area contributed by atoms with Crippen molar-refractivity contribution in [2.24, 2.45) is 0 Å². The lowest BCUT2D eigenvalue weighted by atomic mass is 9.96. The highest BCUT2D eigenvalue weighted by Gasteiger charge is 2.28. The van der Waals surface area contributed by atoms with E-state index in [1.807, 2.05) is 55.1 Å². The van der Waals surface area contributed by atoms with Gasteiger partial charge in [-0.1, -0.05) is 18.2 Å². The molecule has 2 fully saturated rings. The molecule has 1 atom stereocenters. The Bertz CT molecular complexity index is 1190. The third kappa shape index (κ3) is 5.43. The summed E-state index contributed by atoms with van der Waals surface area (Å²) >= 11 is 0. The third-order valence-electron chi connectivity index (χ3n) is 6.56. The van der Waals surface area contributed by atoms with E-state index in [2.05, 4.69) is 9.88 Å². The van der Waals surface area contributed by atoms with Gasteiger partial charge in [-0.3, -0.25) is 4.79 Å². The molecule has 2 aliphatic rings. The number of likely N-dealkylation sites (tertiary alicyclic amines) is 1. The monoisotopic (exact) mass is 473 g/mol. The van der Waals surface area contributed by atoms with Gasteiger partial charge < -0.3 is 19.3 Å². The minimum Gasteiger partial charge on any atom is -0.439 e. The summed E-state index contributed by atoms with van der Waals surface area (Å²) < 4.78 is 11.5. The summed E-state index contributed by atoms with van der Waals surface area (Å²) in [5, 5.41) is 0. The molecule has 3 aromatic rings. The van der Waals surface area contributed by atoms with Crippen LogP contribution in [-0.4, -0.2) is 65.2 Å². The quantitative estimate of drug-likeness (QED) is 0.551. The SMILES string of the molecule is Cc1cc(Oc2ccccc2C)nc(C2CCCN(C(=O)c3ccnc(N4CCOCC4)c3)C2)n1. The predicted molar refractivity (Wildman–Crippen MR) is 133 cm³/mol. The van der Waals surface area contributed by atoms with Gasteiger partial charge in [0.05, 0.1) is 13.2 Å². The van der Waals surface area contributed by atoms with Crippen LogP contribution < -0.4 is 9.64 Å². The number of aryl methyl sites for hydroxylation is 2. The van der Waals surface area contributed by atoms with Crippen LogP contribution in [0.1, 0.15) is 46.2 Å². The smallest absolute Gasteiger partial charge is 0.254 e. The van der Waals surface area contributed by atoms with Crippen molar-refractivity contribution in [1.29, 1.82) is 0 Å². The zero-order valence-electron chi connectivity index (χ0n) is 20.3. The summed E-state index contributed by atoms with van der Waals surface area (Å²) in [6.45, 7) is 8.20. The van der Waals surface area contributed by atoms with Crippen LogP contribution in [0.25, 0.3) is 0 Å². The van der Waals surface area contributed by atoms with Gasteiger partial charge in [-0.05, 0) is 50.5 Å². The van der Waals surface area contributed by atoms with E-state index in [4.69, 9.17) is 19.4 Å². The Kier molecular flexibility index (Phi) is 6.90. The summed E-state index contributed by atoms with van der Waals surface area (Å²) in [4.78, 5) is 31.4. The van der Waals surface area contributed by atoms with Crippen molar-refractivity contribution in [3.8, 4) is 11.6 Å². The molecule has 35 heavy (non-hydrogen) atoms. The van der Waals surface area contributed by atoms with Crippen molar-refractivity contribution in [1.82, 2.24) is 19.9 Å². The molecular formula is C27H31N5O3. The van der Waals surface area contributed by atoms with Gasteiger partial charge in [0.2, 0.25) is 5.88 Å². The molecule has 0 saturated carbocycles. The Hall–Kier alpha value is -3.52. The van der Waals surface area contributed by atoms with E-state index in [0.717, 1.165) is 61.1 Å². The molecule has 0 spiro atoms. The van der Waals surface area contributed by atoms with Gasteiger partial charge in [0.15, 0.2) is 0 Å². The van der Waals surface area contributed by atoms with Crippen molar-refractivity contribution in [3.05, 3.63) is 71.3 Å². The number of amides is 1. The molecule has 0 radical (unpaired) electrons. The number of anilines is 1. The second-order valence-electron chi connectivity index (χ2n) is 9.17. The van der Waals surface area contributed by atoms with E-state index in [0.29, 0.717) is 31.2 Å². The first-order chi connectivity index (χ1) is 17.1. The summed E-state index contributed by atoms with van der Waals surface area (Å²) in [7, 11) is 0. The third-order valence-corrected chi connectivity index (χ3v) is 6.56. The molecule has 2 saturated heterocycles. The fraction of sp³-hybridized carbons (Fsp3) is 0.407. The van der Waals surface area contributed by atoms with Crippen LogP contribution in [0.15, 0.2) is 48.7 Å². The van der Waals surface area contributed by atoms with E-state index in [9.17, 15) is 4.79 Å². The Morgan fingerprint density at radius 1 is 1.06 bits per heavy atom. The van der Waals surface area contributed by atoms with E-state index in [1.54, 1.807) is 12.3 Å². The van der Waals surface area contributed by atoms with E-state index < -0.39 is 0 Å². The molecule has 1 unspecified atom stereocenters. The van der Waals surface area contributed by atoms with Crippen molar-refractivity contribution in [2.75, 3.05) is 44.3 Å². The number of aromatic nitrogens is 3. The summed E-state index contributed by atoms with van der Waals surface area (Å²) in [5.41, 5.74) is 2.57. The lowest BCUT2D eigenvalue weighted by Gasteiger charge is -2.32. The van der Waals surface area contributed by atoms with Crippen LogP contribution in [0, 0.1) is 13.8 Å². The molecule has 4 heterocycles. The number of ether oxygens (including phenoxy) is 2.